The number of amides is 1. The van der Waals surface area contributed by atoms with E-state index in [4.69, 9.17) is 5.11 Å². The SMILES string of the molecule is CC[C@H](NC(=O)c1ccc(C(C)(C)C)cc1)C(=O)O. The van der Waals surface area contributed by atoms with Crippen molar-refractivity contribution in [3.05, 3.63) is 35.4 Å². The van der Waals surface area contributed by atoms with Crippen LogP contribution in [0.5, 0.6) is 0 Å². The van der Waals surface area contributed by atoms with E-state index in [2.05, 4.69) is 26.1 Å². The van der Waals surface area contributed by atoms with E-state index >= 15 is 0 Å². The predicted octanol–water partition coefficient (Wildman–Crippen LogP) is 2.58. The molecule has 0 unspecified atom stereocenters. The highest BCUT2D eigenvalue weighted by Gasteiger charge is 2.19. The van der Waals surface area contributed by atoms with E-state index in [9.17, 15) is 9.59 Å². The summed E-state index contributed by atoms with van der Waals surface area (Å²) in [5.74, 6) is -1.36. The molecule has 0 aliphatic heterocycles. The lowest BCUT2D eigenvalue weighted by Gasteiger charge is -2.19. The third-order valence-electron chi connectivity index (χ3n) is 3.02. The van der Waals surface area contributed by atoms with E-state index in [1.165, 1.54) is 0 Å². The Hall–Kier alpha value is -1.84. The molecule has 4 heteroatoms. The van der Waals surface area contributed by atoms with Gasteiger partial charge in [-0.15, -0.1) is 0 Å². The van der Waals surface area contributed by atoms with Crippen LogP contribution >= 0.6 is 0 Å². The summed E-state index contributed by atoms with van der Waals surface area (Å²) in [5.41, 5.74) is 1.64. The van der Waals surface area contributed by atoms with E-state index < -0.39 is 12.0 Å². The van der Waals surface area contributed by atoms with Gasteiger partial charge in [-0.3, -0.25) is 4.79 Å². The molecule has 0 aliphatic carbocycles. The molecule has 0 fully saturated rings. The van der Waals surface area contributed by atoms with Crippen LogP contribution in [0.15, 0.2) is 24.3 Å². The molecular weight excluding hydrogens is 242 g/mol. The molecule has 104 valence electrons. The van der Waals surface area contributed by atoms with Crippen molar-refractivity contribution in [3.8, 4) is 0 Å². The van der Waals surface area contributed by atoms with Gasteiger partial charge in [0.25, 0.3) is 5.91 Å². The Morgan fingerprint density at radius 3 is 2.11 bits per heavy atom. The average molecular weight is 263 g/mol. The summed E-state index contributed by atoms with van der Waals surface area (Å²) in [4.78, 5) is 22.8. The van der Waals surface area contributed by atoms with Crippen molar-refractivity contribution in [2.75, 3.05) is 0 Å². The summed E-state index contributed by atoms with van der Waals surface area (Å²) < 4.78 is 0. The second-order valence-electron chi connectivity index (χ2n) is 5.60. The highest BCUT2D eigenvalue weighted by molar-refractivity contribution is 5.96. The lowest BCUT2D eigenvalue weighted by molar-refractivity contribution is -0.139. The van der Waals surface area contributed by atoms with Gasteiger partial charge in [-0.05, 0) is 29.5 Å². The van der Waals surface area contributed by atoms with Crippen LogP contribution in [0.4, 0.5) is 0 Å². The van der Waals surface area contributed by atoms with Crippen LogP contribution in [0, 0.1) is 0 Å². The first kappa shape index (κ1) is 15.2. The van der Waals surface area contributed by atoms with E-state index in [0.717, 1.165) is 5.56 Å². The molecule has 0 heterocycles. The van der Waals surface area contributed by atoms with Crippen molar-refractivity contribution in [1.82, 2.24) is 5.32 Å². The molecule has 19 heavy (non-hydrogen) atoms. The van der Waals surface area contributed by atoms with E-state index in [1.54, 1.807) is 19.1 Å². The van der Waals surface area contributed by atoms with Gasteiger partial charge >= 0.3 is 5.97 Å². The molecule has 1 rings (SSSR count). The molecule has 2 N–H and O–H groups in total. The third kappa shape index (κ3) is 4.09. The minimum Gasteiger partial charge on any atom is -0.480 e. The summed E-state index contributed by atoms with van der Waals surface area (Å²) in [6.07, 6.45) is 0.362. The number of carbonyl (C=O) groups excluding carboxylic acids is 1. The van der Waals surface area contributed by atoms with Gasteiger partial charge in [0.1, 0.15) is 6.04 Å². The molecule has 0 radical (unpaired) electrons. The highest BCUT2D eigenvalue weighted by Crippen LogP contribution is 2.22. The Bertz CT molecular complexity index is 457. The minimum absolute atomic E-state index is 0.0298. The molecule has 1 atom stereocenters. The van der Waals surface area contributed by atoms with E-state index in [1.807, 2.05) is 12.1 Å². The zero-order valence-electron chi connectivity index (χ0n) is 11.9. The summed E-state index contributed by atoms with van der Waals surface area (Å²) in [6, 6.07) is 6.41. The smallest absolute Gasteiger partial charge is 0.326 e. The minimum atomic E-state index is -1.01. The fourth-order valence-electron chi connectivity index (χ4n) is 1.70. The van der Waals surface area contributed by atoms with Crippen molar-refractivity contribution in [2.24, 2.45) is 0 Å². The van der Waals surface area contributed by atoms with Crippen molar-refractivity contribution in [3.63, 3.8) is 0 Å². The normalized spacial score (nSPS) is 12.8. The molecule has 0 spiro atoms. The van der Waals surface area contributed by atoms with Gasteiger partial charge in [0, 0.05) is 5.56 Å². The van der Waals surface area contributed by atoms with Crippen molar-refractivity contribution >= 4 is 11.9 Å². The van der Waals surface area contributed by atoms with Gasteiger partial charge in [-0.1, -0.05) is 39.8 Å². The predicted molar refractivity (Wildman–Crippen MR) is 74.3 cm³/mol. The van der Waals surface area contributed by atoms with Gasteiger partial charge in [-0.25, -0.2) is 4.79 Å². The van der Waals surface area contributed by atoms with Gasteiger partial charge in [-0.2, -0.15) is 0 Å². The second-order valence-corrected chi connectivity index (χ2v) is 5.60. The Morgan fingerprint density at radius 1 is 1.21 bits per heavy atom. The number of hydrogen-bond acceptors (Lipinski definition) is 2. The number of rotatable bonds is 4. The highest BCUT2D eigenvalue weighted by atomic mass is 16.4. The monoisotopic (exact) mass is 263 g/mol. The van der Waals surface area contributed by atoms with Gasteiger partial charge in [0.15, 0.2) is 0 Å². The summed E-state index contributed by atoms with van der Waals surface area (Å²) in [6.45, 7) is 8.01. The Labute approximate surface area is 113 Å². The number of carbonyl (C=O) groups is 2. The quantitative estimate of drug-likeness (QED) is 0.877. The first-order valence-electron chi connectivity index (χ1n) is 6.40. The van der Waals surface area contributed by atoms with Crippen LogP contribution in [0.3, 0.4) is 0 Å². The van der Waals surface area contributed by atoms with Crippen LogP contribution in [0.1, 0.15) is 50.0 Å². The largest absolute Gasteiger partial charge is 0.480 e. The first-order valence-corrected chi connectivity index (χ1v) is 6.40. The summed E-state index contributed by atoms with van der Waals surface area (Å²) in [5, 5.41) is 11.4. The molecule has 1 amide bonds. The van der Waals surface area contributed by atoms with Crippen molar-refractivity contribution in [1.29, 1.82) is 0 Å². The average Bonchev–Trinajstić information content (AvgIpc) is 2.34. The molecule has 0 saturated heterocycles. The van der Waals surface area contributed by atoms with E-state index in [-0.39, 0.29) is 11.3 Å². The van der Waals surface area contributed by atoms with Crippen LogP contribution in [-0.4, -0.2) is 23.0 Å². The summed E-state index contributed by atoms with van der Waals surface area (Å²) in [7, 11) is 0. The number of carboxylic acids is 1. The molecule has 1 aromatic carbocycles. The number of hydrogen-bond donors (Lipinski definition) is 2. The Kier molecular flexibility index (Phi) is 4.70. The zero-order chi connectivity index (χ0) is 14.6. The van der Waals surface area contributed by atoms with Gasteiger partial charge in [0.05, 0.1) is 0 Å². The number of nitrogens with one attached hydrogen (secondary N) is 1. The number of benzene rings is 1. The molecule has 0 aliphatic rings. The molecule has 0 aromatic heterocycles. The number of carboxylic acid groups (broad SMARTS) is 1. The van der Waals surface area contributed by atoms with Crippen LogP contribution in [0.2, 0.25) is 0 Å². The molecular formula is C15H21NO3. The van der Waals surface area contributed by atoms with Gasteiger partial charge in [0.2, 0.25) is 0 Å². The maximum absolute atomic E-state index is 11.9. The molecule has 0 saturated carbocycles. The fourth-order valence-corrected chi connectivity index (χ4v) is 1.70. The Morgan fingerprint density at radius 2 is 1.74 bits per heavy atom. The maximum Gasteiger partial charge on any atom is 0.326 e. The van der Waals surface area contributed by atoms with Crippen molar-refractivity contribution in [2.45, 2.75) is 45.6 Å². The van der Waals surface area contributed by atoms with Crippen LogP contribution in [-0.2, 0) is 10.2 Å². The number of aliphatic carboxylic acids is 1. The fraction of sp³-hybridized carbons (Fsp3) is 0.467. The van der Waals surface area contributed by atoms with E-state index in [0.29, 0.717) is 12.0 Å². The van der Waals surface area contributed by atoms with Crippen LogP contribution < -0.4 is 5.32 Å². The zero-order valence-corrected chi connectivity index (χ0v) is 11.9. The van der Waals surface area contributed by atoms with Gasteiger partial charge < -0.3 is 10.4 Å². The lowest BCUT2D eigenvalue weighted by Crippen LogP contribution is -2.40. The molecule has 4 nitrogen and oxygen atoms in total. The second kappa shape index (κ2) is 5.87. The lowest BCUT2D eigenvalue weighted by atomic mass is 9.86. The maximum atomic E-state index is 11.9. The van der Waals surface area contributed by atoms with Crippen molar-refractivity contribution < 1.29 is 14.7 Å². The first-order chi connectivity index (χ1) is 8.75. The van der Waals surface area contributed by atoms with Crippen LogP contribution in [0.25, 0.3) is 0 Å². The topological polar surface area (TPSA) is 66.4 Å². The standard InChI is InChI=1S/C15H21NO3/c1-5-12(14(18)19)16-13(17)10-6-8-11(9-7-10)15(2,3)4/h6-9,12H,5H2,1-4H3,(H,16,17)(H,18,19)/t12-/m0/s1. The summed E-state index contributed by atoms with van der Waals surface area (Å²) >= 11 is 0. The molecule has 0 bridgehead atoms. The third-order valence-corrected chi connectivity index (χ3v) is 3.02. The molecule has 1 aromatic rings. The Balaban J connectivity index is 2.81.